The molecule has 0 aliphatic carbocycles. The molecule has 1 aromatic heterocycles. The van der Waals surface area contributed by atoms with Crippen molar-refractivity contribution in [2.24, 2.45) is 0 Å². The van der Waals surface area contributed by atoms with Crippen molar-refractivity contribution in [2.45, 2.75) is 6.92 Å². The maximum absolute atomic E-state index is 12.4. The molecule has 0 spiro atoms. The fourth-order valence-corrected chi connectivity index (χ4v) is 2.87. The number of hydrogen-bond donors (Lipinski definition) is 2. The minimum absolute atomic E-state index is 0.111. The fraction of sp³-hybridized carbons (Fsp3) is 0.0625. The molecule has 0 radical (unpaired) electrons. The van der Waals surface area contributed by atoms with Crippen LogP contribution in [0.5, 0.6) is 0 Å². The molecule has 0 aliphatic rings. The van der Waals surface area contributed by atoms with E-state index in [4.69, 9.17) is 0 Å². The molecule has 1 amide bonds. The maximum atomic E-state index is 12.4. The van der Waals surface area contributed by atoms with Crippen LogP contribution in [-0.2, 0) is 0 Å². The number of halogens is 1. The minimum Gasteiger partial charge on any atom is -0.360 e. The van der Waals surface area contributed by atoms with Crippen LogP contribution in [-0.4, -0.2) is 10.9 Å². The van der Waals surface area contributed by atoms with Crippen molar-refractivity contribution in [3.05, 3.63) is 64.3 Å². The second-order valence-corrected chi connectivity index (χ2v) is 5.63. The number of aromatic amines is 1. The van der Waals surface area contributed by atoms with Crippen LogP contribution in [0.15, 0.2) is 53.1 Å². The van der Waals surface area contributed by atoms with Gasteiger partial charge in [0.15, 0.2) is 0 Å². The quantitative estimate of drug-likeness (QED) is 0.715. The van der Waals surface area contributed by atoms with Gasteiger partial charge in [-0.25, -0.2) is 0 Å². The average Bonchev–Trinajstić information content (AvgIpc) is 2.81. The highest BCUT2D eigenvalue weighted by atomic mass is 79.9. The van der Waals surface area contributed by atoms with Gasteiger partial charge >= 0.3 is 0 Å². The van der Waals surface area contributed by atoms with Crippen LogP contribution < -0.4 is 5.32 Å². The lowest BCUT2D eigenvalue weighted by molar-refractivity contribution is 0.102. The molecule has 100 valence electrons. The molecule has 0 aliphatic heterocycles. The maximum Gasteiger partial charge on any atom is 0.257 e. The van der Waals surface area contributed by atoms with Gasteiger partial charge in [0.25, 0.3) is 5.91 Å². The predicted molar refractivity (Wildman–Crippen MR) is 85.1 cm³/mol. The predicted octanol–water partition coefficient (Wildman–Crippen LogP) is 4.49. The van der Waals surface area contributed by atoms with Gasteiger partial charge < -0.3 is 10.3 Å². The Morgan fingerprint density at radius 1 is 1.20 bits per heavy atom. The van der Waals surface area contributed by atoms with E-state index < -0.39 is 0 Å². The Hall–Kier alpha value is -2.07. The number of H-pyrrole nitrogens is 1. The molecule has 0 atom stereocenters. The molecule has 2 N–H and O–H groups in total. The third-order valence-electron chi connectivity index (χ3n) is 3.13. The molecular weight excluding hydrogens is 316 g/mol. The molecule has 3 rings (SSSR count). The number of aryl methyl sites for hydroxylation is 1. The second kappa shape index (κ2) is 5.13. The molecule has 3 nitrogen and oxygen atoms in total. The molecule has 20 heavy (non-hydrogen) atoms. The topological polar surface area (TPSA) is 44.9 Å². The van der Waals surface area contributed by atoms with E-state index in [1.54, 1.807) is 6.20 Å². The number of carbonyl (C=O) groups is 1. The summed E-state index contributed by atoms with van der Waals surface area (Å²) in [5, 5.41) is 3.86. The van der Waals surface area contributed by atoms with Gasteiger partial charge in [-0.3, -0.25) is 4.79 Å². The van der Waals surface area contributed by atoms with E-state index in [0.717, 1.165) is 26.6 Å². The van der Waals surface area contributed by atoms with Crippen LogP contribution >= 0.6 is 15.9 Å². The second-order valence-electron chi connectivity index (χ2n) is 4.72. The lowest BCUT2D eigenvalue weighted by Crippen LogP contribution is -2.11. The van der Waals surface area contributed by atoms with Gasteiger partial charge in [-0.05, 0) is 36.8 Å². The summed E-state index contributed by atoms with van der Waals surface area (Å²) in [4.78, 5) is 15.5. The number of rotatable bonds is 2. The first-order valence-electron chi connectivity index (χ1n) is 6.28. The van der Waals surface area contributed by atoms with Crippen molar-refractivity contribution in [2.75, 3.05) is 5.32 Å². The van der Waals surface area contributed by atoms with E-state index in [1.807, 2.05) is 49.4 Å². The van der Waals surface area contributed by atoms with E-state index in [9.17, 15) is 4.79 Å². The van der Waals surface area contributed by atoms with Crippen molar-refractivity contribution in [3.8, 4) is 0 Å². The van der Waals surface area contributed by atoms with Crippen LogP contribution in [0.2, 0.25) is 0 Å². The van der Waals surface area contributed by atoms with Crippen LogP contribution in [0.3, 0.4) is 0 Å². The summed E-state index contributed by atoms with van der Waals surface area (Å²) in [5.41, 5.74) is 3.49. The Bertz CT molecular complexity index is 772. The van der Waals surface area contributed by atoms with E-state index in [2.05, 4.69) is 26.2 Å². The molecule has 0 saturated heterocycles. The molecule has 0 fully saturated rings. The number of nitrogens with one attached hydrogen (secondary N) is 2. The van der Waals surface area contributed by atoms with Gasteiger partial charge in [-0.1, -0.05) is 34.1 Å². The van der Waals surface area contributed by atoms with Crippen molar-refractivity contribution in [1.82, 2.24) is 4.98 Å². The summed E-state index contributed by atoms with van der Waals surface area (Å²) in [6.45, 7) is 1.99. The fourth-order valence-electron chi connectivity index (χ4n) is 2.27. The highest BCUT2D eigenvalue weighted by molar-refractivity contribution is 9.10. The number of fused-ring (bicyclic) bond motifs is 1. The van der Waals surface area contributed by atoms with Crippen molar-refractivity contribution in [1.29, 1.82) is 0 Å². The Morgan fingerprint density at radius 3 is 2.80 bits per heavy atom. The number of carbonyl (C=O) groups excluding carboxylic acids is 1. The van der Waals surface area contributed by atoms with Crippen LogP contribution in [0.25, 0.3) is 10.9 Å². The highest BCUT2D eigenvalue weighted by Gasteiger charge is 2.12. The van der Waals surface area contributed by atoms with Gasteiger partial charge in [0.05, 0.1) is 5.56 Å². The van der Waals surface area contributed by atoms with Crippen LogP contribution in [0, 0.1) is 6.92 Å². The van der Waals surface area contributed by atoms with Crippen molar-refractivity contribution in [3.63, 3.8) is 0 Å². The zero-order chi connectivity index (χ0) is 14.1. The molecule has 0 unspecified atom stereocenters. The first-order chi connectivity index (χ1) is 9.63. The lowest BCUT2D eigenvalue weighted by Gasteiger charge is -2.06. The Morgan fingerprint density at radius 2 is 2.00 bits per heavy atom. The normalized spacial score (nSPS) is 10.7. The first kappa shape index (κ1) is 12.9. The van der Waals surface area contributed by atoms with Crippen molar-refractivity contribution >= 4 is 38.4 Å². The SMILES string of the molecule is Cc1cc(Br)cc(NC(=O)c2c[nH]c3ccccc23)c1. The number of benzene rings is 2. The standard InChI is InChI=1S/C16H13BrN2O/c1-10-6-11(17)8-12(7-10)19-16(20)14-9-18-15-5-3-2-4-13(14)15/h2-9,18H,1H3,(H,19,20). The highest BCUT2D eigenvalue weighted by Crippen LogP contribution is 2.22. The van der Waals surface area contributed by atoms with Crippen molar-refractivity contribution < 1.29 is 4.79 Å². The zero-order valence-corrected chi connectivity index (χ0v) is 12.5. The molecule has 0 saturated carbocycles. The zero-order valence-electron chi connectivity index (χ0n) is 10.9. The van der Waals surface area contributed by atoms with E-state index in [-0.39, 0.29) is 5.91 Å². The molecule has 1 heterocycles. The van der Waals surface area contributed by atoms with E-state index in [0.29, 0.717) is 5.56 Å². The van der Waals surface area contributed by atoms with E-state index in [1.165, 1.54) is 0 Å². The third kappa shape index (κ3) is 2.47. The summed E-state index contributed by atoms with van der Waals surface area (Å²) in [7, 11) is 0. The Balaban J connectivity index is 1.93. The van der Waals surface area contributed by atoms with Gasteiger partial charge in [0.1, 0.15) is 0 Å². The summed E-state index contributed by atoms with van der Waals surface area (Å²) in [6.07, 6.45) is 1.74. The van der Waals surface area contributed by atoms with Gasteiger partial charge in [0.2, 0.25) is 0 Å². The Kier molecular flexibility index (Phi) is 3.32. The van der Waals surface area contributed by atoms with Gasteiger partial charge in [0, 0.05) is 27.3 Å². The van der Waals surface area contributed by atoms with Gasteiger partial charge in [-0.2, -0.15) is 0 Å². The molecule has 4 heteroatoms. The number of hydrogen-bond acceptors (Lipinski definition) is 1. The Labute approximate surface area is 125 Å². The van der Waals surface area contributed by atoms with E-state index >= 15 is 0 Å². The number of aromatic nitrogens is 1. The minimum atomic E-state index is -0.111. The smallest absolute Gasteiger partial charge is 0.257 e. The summed E-state index contributed by atoms with van der Waals surface area (Å²) < 4.78 is 0.951. The average molecular weight is 329 g/mol. The van der Waals surface area contributed by atoms with Gasteiger partial charge in [-0.15, -0.1) is 0 Å². The molecule has 0 bridgehead atoms. The summed E-state index contributed by atoms with van der Waals surface area (Å²) in [6, 6.07) is 13.6. The number of anilines is 1. The first-order valence-corrected chi connectivity index (χ1v) is 7.07. The lowest BCUT2D eigenvalue weighted by atomic mass is 10.1. The summed E-state index contributed by atoms with van der Waals surface area (Å²) >= 11 is 3.43. The molecular formula is C16H13BrN2O. The monoisotopic (exact) mass is 328 g/mol. The number of para-hydroxylation sites is 1. The molecule has 2 aromatic carbocycles. The third-order valence-corrected chi connectivity index (χ3v) is 3.59. The van der Waals surface area contributed by atoms with Crippen LogP contribution in [0.1, 0.15) is 15.9 Å². The summed E-state index contributed by atoms with van der Waals surface area (Å²) in [5.74, 6) is -0.111. The molecule has 3 aromatic rings. The number of amides is 1. The largest absolute Gasteiger partial charge is 0.360 e. The van der Waals surface area contributed by atoms with Crippen LogP contribution in [0.4, 0.5) is 5.69 Å².